The van der Waals surface area contributed by atoms with Gasteiger partial charge < -0.3 is 9.47 Å². The number of hydrogen-bond donors (Lipinski definition) is 1. The lowest BCUT2D eigenvalue weighted by molar-refractivity contribution is -0.122. The Bertz CT molecular complexity index is 1630. The van der Waals surface area contributed by atoms with Crippen molar-refractivity contribution in [3.63, 3.8) is 0 Å². The van der Waals surface area contributed by atoms with Crippen molar-refractivity contribution < 1.29 is 23.9 Å². The first-order chi connectivity index (χ1) is 19.8. The summed E-state index contributed by atoms with van der Waals surface area (Å²) in [5.74, 6) is -0.522. The summed E-state index contributed by atoms with van der Waals surface area (Å²) in [7, 11) is 0. The van der Waals surface area contributed by atoms with Gasteiger partial charge in [0.05, 0.1) is 5.69 Å². The molecular formula is C32H24BrClN2O5. The Labute approximate surface area is 250 Å². The Morgan fingerprint density at radius 2 is 1.46 bits per heavy atom. The van der Waals surface area contributed by atoms with Gasteiger partial charge in [0.25, 0.3) is 11.8 Å². The van der Waals surface area contributed by atoms with Gasteiger partial charge in [-0.1, -0.05) is 69.5 Å². The van der Waals surface area contributed by atoms with Crippen LogP contribution in [0.3, 0.4) is 0 Å². The van der Waals surface area contributed by atoms with E-state index >= 15 is 0 Å². The van der Waals surface area contributed by atoms with E-state index in [0.29, 0.717) is 34.4 Å². The van der Waals surface area contributed by atoms with Gasteiger partial charge in [0.2, 0.25) is 0 Å². The van der Waals surface area contributed by atoms with Gasteiger partial charge in [0, 0.05) is 15.1 Å². The van der Waals surface area contributed by atoms with Crippen molar-refractivity contribution in [1.29, 1.82) is 0 Å². The summed E-state index contributed by atoms with van der Waals surface area (Å²) in [6.45, 7) is 2.64. The van der Waals surface area contributed by atoms with Gasteiger partial charge in [-0.15, -0.1) is 0 Å². The van der Waals surface area contributed by atoms with Crippen LogP contribution in [-0.4, -0.2) is 17.8 Å². The quantitative estimate of drug-likeness (QED) is 0.164. The zero-order valence-electron chi connectivity index (χ0n) is 21.9. The highest BCUT2D eigenvalue weighted by molar-refractivity contribution is 9.10. The number of barbiturate groups is 1. The number of anilines is 1. The summed E-state index contributed by atoms with van der Waals surface area (Å²) < 4.78 is 12.5. The SMILES string of the molecule is Cc1ccc(COc2ccc(N3C(=O)NC(=O)/C(=C\c4cc(Br)ccc4OCc4ccc(Cl)cc4)C3=O)cc2)cc1. The molecule has 41 heavy (non-hydrogen) atoms. The monoisotopic (exact) mass is 630 g/mol. The van der Waals surface area contributed by atoms with E-state index in [2.05, 4.69) is 21.2 Å². The number of ether oxygens (including phenoxy) is 2. The van der Waals surface area contributed by atoms with Crippen LogP contribution in [0.2, 0.25) is 5.02 Å². The van der Waals surface area contributed by atoms with Gasteiger partial charge in [-0.05, 0) is 78.7 Å². The van der Waals surface area contributed by atoms with Crippen molar-refractivity contribution in [3.05, 3.63) is 128 Å². The van der Waals surface area contributed by atoms with Gasteiger partial charge in [-0.2, -0.15) is 0 Å². The van der Waals surface area contributed by atoms with Crippen LogP contribution in [0.1, 0.15) is 22.3 Å². The van der Waals surface area contributed by atoms with Crippen LogP contribution >= 0.6 is 27.5 Å². The third-order valence-electron chi connectivity index (χ3n) is 6.30. The summed E-state index contributed by atoms with van der Waals surface area (Å²) >= 11 is 9.39. The highest BCUT2D eigenvalue weighted by atomic mass is 79.9. The van der Waals surface area contributed by atoms with E-state index in [-0.39, 0.29) is 12.2 Å². The lowest BCUT2D eigenvalue weighted by atomic mass is 10.1. The number of imide groups is 2. The molecule has 7 nitrogen and oxygen atoms in total. The van der Waals surface area contributed by atoms with Crippen LogP contribution in [0.15, 0.2) is 101 Å². The van der Waals surface area contributed by atoms with E-state index in [9.17, 15) is 14.4 Å². The van der Waals surface area contributed by atoms with Crippen LogP contribution in [-0.2, 0) is 22.8 Å². The van der Waals surface area contributed by atoms with Crippen LogP contribution in [0.4, 0.5) is 10.5 Å². The number of carbonyl (C=O) groups excluding carboxylic acids is 3. The lowest BCUT2D eigenvalue weighted by Crippen LogP contribution is -2.54. The predicted octanol–water partition coefficient (Wildman–Crippen LogP) is 7.24. The molecule has 0 unspecified atom stereocenters. The molecule has 0 radical (unpaired) electrons. The number of benzene rings is 4. The van der Waals surface area contributed by atoms with Gasteiger partial charge in [-0.3, -0.25) is 14.9 Å². The molecule has 0 atom stereocenters. The van der Waals surface area contributed by atoms with Gasteiger partial charge in [0.1, 0.15) is 30.3 Å². The molecule has 1 N–H and O–H groups in total. The molecule has 1 aliphatic heterocycles. The highest BCUT2D eigenvalue weighted by Gasteiger charge is 2.37. The Morgan fingerprint density at radius 1 is 0.829 bits per heavy atom. The molecular weight excluding hydrogens is 608 g/mol. The van der Waals surface area contributed by atoms with Crippen molar-refractivity contribution in [2.45, 2.75) is 20.1 Å². The second kappa shape index (κ2) is 12.4. The molecule has 206 valence electrons. The molecule has 0 bridgehead atoms. The summed E-state index contributed by atoms with van der Waals surface area (Å²) in [5.41, 5.74) is 3.64. The maximum absolute atomic E-state index is 13.5. The van der Waals surface area contributed by atoms with Crippen molar-refractivity contribution in [3.8, 4) is 11.5 Å². The Balaban J connectivity index is 1.35. The molecule has 9 heteroatoms. The molecule has 1 aliphatic rings. The fourth-order valence-electron chi connectivity index (χ4n) is 4.10. The van der Waals surface area contributed by atoms with Crippen molar-refractivity contribution >= 4 is 57.1 Å². The van der Waals surface area contributed by atoms with E-state index in [0.717, 1.165) is 26.1 Å². The largest absolute Gasteiger partial charge is 0.489 e. The number of aryl methyl sites for hydroxylation is 1. The number of nitrogens with zero attached hydrogens (tertiary/aromatic N) is 1. The smallest absolute Gasteiger partial charge is 0.335 e. The fourth-order valence-corrected chi connectivity index (χ4v) is 4.60. The molecule has 4 amide bonds. The Morgan fingerprint density at radius 3 is 2.15 bits per heavy atom. The first kappa shape index (κ1) is 28.1. The van der Waals surface area contributed by atoms with E-state index < -0.39 is 17.8 Å². The molecule has 0 aromatic heterocycles. The number of halogens is 2. The van der Waals surface area contributed by atoms with Gasteiger partial charge >= 0.3 is 6.03 Å². The average molecular weight is 632 g/mol. The molecule has 0 aliphatic carbocycles. The molecule has 5 rings (SSSR count). The number of carbonyl (C=O) groups is 3. The van der Waals surface area contributed by atoms with Crippen LogP contribution in [0, 0.1) is 6.92 Å². The van der Waals surface area contributed by atoms with Crippen molar-refractivity contribution in [1.82, 2.24) is 5.32 Å². The summed E-state index contributed by atoms with van der Waals surface area (Å²) in [6, 6.07) is 26.2. The maximum Gasteiger partial charge on any atom is 0.335 e. The van der Waals surface area contributed by atoms with Gasteiger partial charge in [0.15, 0.2) is 0 Å². The minimum absolute atomic E-state index is 0.209. The normalized spacial score (nSPS) is 14.3. The Hall–Kier alpha value is -4.40. The minimum atomic E-state index is -0.834. The minimum Gasteiger partial charge on any atom is -0.489 e. The number of hydrogen-bond acceptors (Lipinski definition) is 5. The summed E-state index contributed by atoms with van der Waals surface area (Å²) in [5, 5.41) is 2.87. The Kier molecular flexibility index (Phi) is 8.52. The number of urea groups is 1. The average Bonchev–Trinajstić information content (AvgIpc) is 2.96. The molecule has 1 heterocycles. The number of nitrogens with one attached hydrogen (secondary N) is 1. The zero-order valence-corrected chi connectivity index (χ0v) is 24.2. The van der Waals surface area contributed by atoms with E-state index in [1.807, 2.05) is 43.3 Å². The summed E-state index contributed by atoms with van der Waals surface area (Å²) in [6.07, 6.45) is 1.41. The molecule has 4 aromatic rings. The third kappa shape index (κ3) is 6.85. The number of amides is 4. The number of rotatable bonds is 8. The van der Waals surface area contributed by atoms with Crippen molar-refractivity contribution in [2.24, 2.45) is 0 Å². The molecule has 1 saturated heterocycles. The van der Waals surface area contributed by atoms with Gasteiger partial charge in [-0.25, -0.2) is 9.69 Å². The molecule has 1 fully saturated rings. The highest BCUT2D eigenvalue weighted by Crippen LogP contribution is 2.29. The molecule has 0 saturated carbocycles. The van der Waals surface area contributed by atoms with Crippen LogP contribution < -0.4 is 19.7 Å². The van der Waals surface area contributed by atoms with Crippen molar-refractivity contribution in [2.75, 3.05) is 4.90 Å². The predicted molar refractivity (Wildman–Crippen MR) is 161 cm³/mol. The first-order valence-electron chi connectivity index (χ1n) is 12.6. The molecule has 0 spiro atoms. The first-order valence-corrected chi connectivity index (χ1v) is 13.8. The third-order valence-corrected chi connectivity index (χ3v) is 7.05. The molecule has 4 aromatic carbocycles. The maximum atomic E-state index is 13.5. The van der Waals surface area contributed by atoms with E-state index in [1.165, 1.54) is 6.08 Å². The van der Waals surface area contributed by atoms with Crippen LogP contribution in [0.25, 0.3) is 6.08 Å². The second-order valence-electron chi connectivity index (χ2n) is 9.32. The van der Waals surface area contributed by atoms with E-state index in [1.54, 1.807) is 54.6 Å². The fraction of sp³-hybridized carbons (Fsp3) is 0.0938. The van der Waals surface area contributed by atoms with E-state index in [4.69, 9.17) is 21.1 Å². The zero-order chi connectivity index (χ0) is 28.9. The van der Waals surface area contributed by atoms with Crippen LogP contribution in [0.5, 0.6) is 11.5 Å². The summed E-state index contributed by atoms with van der Waals surface area (Å²) in [4.78, 5) is 39.9. The second-order valence-corrected chi connectivity index (χ2v) is 10.7. The lowest BCUT2D eigenvalue weighted by Gasteiger charge is -2.26. The standard InChI is InChI=1S/C32H24BrClN2O5/c1-20-2-4-21(5-3-20)18-40-27-13-11-26(12-14-27)36-31(38)28(30(37)35-32(36)39)17-23-16-24(33)8-15-29(23)41-19-22-6-9-25(34)10-7-22/h2-17H,18-19H2,1H3,(H,35,37,39)/b28-17+. The topological polar surface area (TPSA) is 84.9 Å².